The molecule has 1 fully saturated rings. The number of likely N-dealkylation sites (N-methyl/N-ethyl adjacent to an activating group) is 1. The van der Waals surface area contributed by atoms with Crippen LogP contribution in [0.3, 0.4) is 0 Å². The van der Waals surface area contributed by atoms with Crippen LogP contribution in [-0.2, 0) is 9.59 Å². The smallest absolute Gasteiger partial charge is 0.277 e. The molecule has 30 heavy (non-hydrogen) atoms. The fraction of sp³-hybridized carbons (Fsp3) is 0.304. The third-order valence-electron chi connectivity index (χ3n) is 5.57. The third-order valence-corrected chi connectivity index (χ3v) is 5.57. The number of anilines is 2. The van der Waals surface area contributed by atoms with Crippen LogP contribution in [-0.4, -0.2) is 51.1 Å². The zero-order chi connectivity index (χ0) is 21.3. The molecule has 1 saturated heterocycles. The fourth-order valence-corrected chi connectivity index (χ4v) is 3.89. The molecule has 0 saturated carbocycles. The Morgan fingerprint density at radius 2 is 1.53 bits per heavy atom. The molecule has 2 aliphatic rings. The Bertz CT molecular complexity index is 1010. The Balaban J connectivity index is 1.68. The summed E-state index contributed by atoms with van der Waals surface area (Å²) < 4.78 is 10.6. The second kappa shape index (κ2) is 8.10. The quantitative estimate of drug-likeness (QED) is 0.742. The highest BCUT2D eigenvalue weighted by molar-refractivity contribution is 6.36. The van der Waals surface area contributed by atoms with Gasteiger partial charge in [-0.05, 0) is 54.8 Å². The van der Waals surface area contributed by atoms with Crippen molar-refractivity contribution in [2.75, 3.05) is 44.6 Å². The Morgan fingerprint density at radius 1 is 0.867 bits per heavy atom. The van der Waals surface area contributed by atoms with Crippen molar-refractivity contribution in [2.45, 2.75) is 12.8 Å². The van der Waals surface area contributed by atoms with Gasteiger partial charge in [-0.2, -0.15) is 0 Å². The molecule has 0 radical (unpaired) electrons. The molecular formula is C23H25N3O4. The number of carbonyl (C=O) groups excluding carboxylic acids is 2. The highest BCUT2D eigenvalue weighted by atomic mass is 16.5. The summed E-state index contributed by atoms with van der Waals surface area (Å²) in [5, 5.41) is 3.16. The number of imide groups is 1. The SMILES string of the molecule is COc1ccc(C2=C(Nc3ccc(N4CCCC4)cc3)C(=O)N(C)C2=O)cc1OC. The summed E-state index contributed by atoms with van der Waals surface area (Å²) in [7, 11) is 4.56. The molecule has 2 aromatic rings. The largest absolute Gasteiger partial charge is 0.493 e. The Hall–Kier alpha value is -3.48. The molecular weight excluding hydrogens is 382 g/mol. The van der Waals surface area contributed by atoms with Crippen molar-refractivity contribution < 1.29 is 19.1 Å². The van der Waals surface area contributed by atoms with E-state index in [9.17, 15) is 9.59 Å². The molecule has 4 rings (SSSR count). The predicted octanol–water partition coefficient (Wildman–Crippen LogP) is 3.13. The summed E-state index contributed by atoms with van der Waals surface area (Å²) >= 11 is 0. The summed E-state index contributed by atoms with van der Waals surface area (Å²) in [4.78, 5) is 29.1. The molecule has 0 spiro atoms. The monoisotopic (exact) mass is 407 g/mol. The van der Waals surface area contributed by atoms with Gasteiger partial charge in [-0.1, -0.05) is 6.07 Å². The fourth-order valence-electron chi connectivity index (χ4n) is 3.89. The summed E-state index contributed by atoms with van der Waals surface area (Å²) in [5.41, 5.74) is 3.07. The zero-order valence-electron chi connectivity index (χ0n) is 17.4. The van der Waals surface area contributed by atoms with Crippen LogP contribution < -0.4 is 19.7 Å². The summed E-state index contributed by atoms with van der Waals surface area (Å²) in [6, 6.07) is 13.1. The van der Waals surface area contributed by atoms with Gasteiger partial charge in [0.2, 0.25) is 0 Å². The van der Waals surface area contributed by atoms with Crippen molar-refractivity contribution >= 4 is 28.8 Å². The number of nitrogens with zero attached hydrogens (tertiary/aromatic N) is 2. The maximum absolute atomic E-state index is 12.8. The van der Waals surface area contributed by atoms with Gasteiger partial charge in [0.1, 0.15) is 5.70 Å². The predicted molar refractivity (Wildman–Crippen MR) is 116 cm³/mol. The van der Waals surface area contributed by atoms with E-state index in [0.29, 0.717) is 22.6 Å². The van der Waals surface area contributed by atoms with Gasteiger partial charge in [-0.15, -0.1) is 0 Å². The normalized spacial score (nSPS) is 16.5. The summed E-state index contributed by atoms with van der Waals surface area (Å²) in [5.74, 6) is 0.322. The number of rotatable bonds is 6. The second-order valence-corrected chi connectivity index (χ2v) is 7.36. The van der Waals surface area contributed by atoms with Crippen LogP contribution in [0.25, 0.3) is 5.57 Å². The van der Waals surface area contributed by atoms with Gasteiger partial charge in [0.25, 0.3) is 11.8 Å². The molecule has 2 aromatic carbocycles. The van der Waals surface area contributed by atoms with Crippen molar-refractivity contribution in [3.8, 4) is 11.5 Å². The first-order chi connectivity index (χ1) is 14.5. The van der Waals surface area contributed by atoms with Crippen LogP contribution in [0.15, 0.2) is 48.2 Å². The molecule has 0 atom stereocenters. The molecule has 7 heteroatoms. The van der Waals surface area contributed by atoms with E-state index in [4.69, 9.17) is 9.47 Å². The molecule has 2 heterocycles. The summed E-state index contributed by atoms with van der Waals surface area (Å²) in [6.07, 6.45) is 2.43. The highest BCUT2D eigenvalue weighted by Gasteiger charge is 2.37. The molecule has 156 valence electrons. The van der Waals surface area contributed by atoms with Gasteiger partial charge >= 0.3 is 0 Å². The standard InChI is InChI=1S/C23H25N3O4/c1-25-22(27)20(15-6-11-18(29-2)19(14-15)30-3)21(23(25)28)24-16-7-9-17(10-8-16)26-12-4-5-13-26/h6-11,14,24H,4-5,12-13H2,1-3H3. The summed E-state index contributed by atoms with van der Waals surface area (Å²) in [6.45, 7) is 2.14. The average molecular weight is 407 g/mol. The maximum Gasteiger partial charge on any atom is 0.277 e. The number of ether oxygens (including phenoxy) is 2. The zero-order valence-corrected chi connectivity index (χ0v) is 17.4. The van der Waals surface area contributed by atoms with Crippen molar-refractivity contribution in [3.05, 3.63) is 53.7 Å². The van der Waals surface area contributed by atoms with Gasteiger partial charge in [-0.3, -0.25) is 14.5 Å². The van der Waals surface area contributed by atoms with Crippen LogP contribution in [0, 0.1) is 0 Å². The van der Waals surface area contributed by atoms with Gasteiger partial charge in [0.15, 0.2) is 11.5 Å². The lowest BCUT2D eigenvalue weighted by molar-refractivity contribution is -0.135. The van der Waals surface area contributed by atoms with Crippen LogP contribution in [0.1, 0.15) is 18.4 Å². The first kappa shape index (κ1) is 19.8. The lowest BCUT2D eigenvalue weighted by atomic mass is 10.0. The molecule has 1 N–H and O–H groups in total. The van der Waals surface area contributed by atoms with Crippen LogP contribution >= 0.6 is 0 Å². The molecule has 2 aliphatic heterocycles. The lowest BCUT2D eigenvalue weighted by Gasteiger charge is -2.18. The first-order valence-corrected chi connectivity index (χ1v) is 9.94. The number of hydrogen-bond donors (Lipinski definition) is 1. The van der Waals surface area contributed by atoms with Crippen LogP contribution in [0.2, 0.25) is 0 Å². The van der Waals surface area contributed by atoms with Crippen LogP contribution in [0.5, 0.6) is 11.5 Å². The van der Waals surface area contributed by atoms with E-state index in [-0.39, 0.29) is 17.5 Å². The number of nitrogens with one attached hydrogen (secondary N) is 1. The van der Waals surface area contributed by atoms with E-state index >= 15 is 0 Å². The van der Waals surface area contributed by atoms with E-state index in [1.807, 2.05) is 24.3 Å². The van der Waals surface area contributed by atoms with E-state index in [2.05, 4.69) is 10.2 Å². The van der Waals surface area contributed by atoms with Gasteiger partial charge < -0.3 is 19.7 Å². The third kappa shape index (κ3) is 3.47. The van der Waals surface area contributed by atoms with E-state index in [0.717, 1.165) is 29.4 Å². The molecule has 2 amide bonds. The van der Waals surface area contributed by atoms with Crippen molar-refractivity contribution in [2.24, 2.45) is 0 Å². The number of amides is 2. The number of hydrogen-bond acceptors (Lipinski definition) is 6. The first-order valence-electron chi connectivity index (χ1n) is 9.94. The highest BCUT2D eigenvalue weighted by Crippen LogP contribution is 2.35. The van der Waals surface area contributed by atoms with Crippen molar-refractivity contribution in [3.63, 3.8) is 0 Å². The molecule has 7 nitrogen and oxygen atoms in total. The number of carbonyl (C=O) groups is 2. The molecule has 0 aromatic heterocycles. The second-order valence-electron chi connectivity index (χ2n) is 7.36. The van der Waals surface area contributed by atoms with E-state index in [1.165, 1.54) is 27.0 Å². The Morgan fingerprint density at radius 3 is 2.17 bits per heavy atom. The van der Waals surface area contributed by atoms with Gasteiger partial charge in [0.05, 0.1) is 19.8 Å². The van der Waals surface area contributed by atoms with Crippen molar-refractivity contribution in [1.82, 2.24) is 4.90 Å². The minimum absolute atomic E-state index is 0.253. The minimum Gasteiger partial charge on any atom is -0.493 e. The molecule has 0 unspecified atom stereocenters. The Labute approximate surface area is 175 Å². The number of methoxy groups -OCH3 is 2. The van der Waals surface area contributed by atoms with E-state index < -0.39 is 0 Å². The topological polar surface area (TPSA) is 71.1 Å². The van der Waals surface area contributed by atoms with E-state index in [1.54, 1.807) is 25.3 Å². The molecule has 0 aliphatic carbocycles. The average Bonchev–Trinajstić information content (AvgIpc) is 3.38. The number of benzene rings is 2. The van der Waals surface area contributed by atoms with Crippen molar-refractivity contribution in [1.29, 1.82) is 0 Å². The van der Waals surface area contributed by atoms with Gasteiger partial charge in [0, 0.05) is 31.5 Å². The van der Waals surface area contributed by atoms with Gasteiger partial charge in [-0.25, -0.2) is 0 Å². The lowest BCUT2D eigenvalue weighted by Crippen LogP contribution is -2.27. The minimum atomic E-state index is -0.367. The molecule has 0 bridgehead atoms. The van der Waals surface area contributed by atoms with Crippen LogP contribution in [0.4, 0.5) is 11.4 Å². The Kier molecular flexibility index (Phi) is 5.35. The maximum atomic E-state index is 12.8.